The minimum absolute atomic E-state index is 0.155. The summed E-state index contributed by atoms with van der Waals surface area (Å²) in [5.74, 6) is 0.515. The molecule has 1 amide bonds. The standard InChI is InChI=1S/C11H18N4O2/c1-4-12-10-8-13-9(7-14-10)11(16)15(2)5-6-17-3/h7-8H,4-6H2,1-3H3,(H,12,14). The van der Waals surface area contributed by atoms with Gasteiger partial charge in [-0.25, -0.2) is 9.97 Å². The van der Waals surface area contributed by atoms with Gasteiger partial charge in [0.15, 0.2) is 0 Å². The Kier molecular flexibility index (Phi) is 5.35. The Morgan fingerprint density at radius 3 is 2.76 bits per heavy atom. The lowest BCUT2D eigenvalue weighted by atomic mass is 10.4. The molecule has 1 N–H and O–H groups in total. The Labute approximate surface area is 101 Å². The summed E-state index contributed by atoms with van der Waals surface area (Å²) in [7, 11) is 3.31. The van der Waals surface area contributed by atoms with Gasteiger partial charge in [-0.15, -0.1) is 0 Å². The van der Waals surface area contributed by atoms with E-state index in [0.29, 0.717) is 24.7 Å². The Bertz CT molecular complexity index is 353. The van der Waals surface area contributed by atoms with Crippen molar-refractivity contribution in [1.29, 1.82) is 0 Å². The molecule has 1 heterocycles. The minimum atomic E-state index is -0.155. The van der Waals surface area contributed by atoms with Gasteiger partial charge in [0.2, 0.25) is 0 Å². The summed E-state index contributed by atoms with van der Waals surface area (Å²) < 4.78 is 4.91. The number of ether oxygens (including phenoxy) is 1. The maximum atomic E-state index is 11.9. The second-order valence-corrected chi connectivity index (χ2v) is 3.54. The lowest BCUT2D eigenvalue weighted by Gasteiger charge is -2.15. The first-order valence-electron chi connectivity index (χ1n) is 5.49. The van der Waals surface area contributed by atoms with Gasteiger partial charge < -0.3 is 15.0 Å². The van der Waals surface area contributed by atoms with E-state index in [0.717, 1.165) is 6.54 Å². The van der Waals surface area contributed by atoms with Gasteiger partial charge in [0.25, 0.3) is 5.91 Å². The molecule has 0 aromatic carbocycles. The largest absolute Gasteiger partial charge is 0.383 e. The van der Waals surface area contributed by atoms with Crippen molar-refractivity contribution in [3.05, 3.63) is 18.1 Å². The van der Waals surface area contributed by atoms with E-state index in [1.54, 1.807) is 25.3 Å². The number of methoxy groups -OCH3 is 1. The molecular weight excluding hydrogens is 220 g/mol. The summed E-state index contributed by atoms with van der Waals surface area (Å²) in [5, 5.41) is 3.02. The fraction of sp³-hybridized carbons (Fsp3) is 0.545. The van der Waals surface area contributed by atoms with E-state index in [-0.39, 0.29) is 5.91 Å². The highest BCUT2D eigenvalue weighted by Crippen LogP contribution is 2.03. The van der Waals surface area contributed by atoms with Crippen LogP contribution in [0.5, 0.6) is 0 Å². The van der Waals surface area contributed by atoms with Crippen molar-refractivity contribution in [2.24, 2.45) is 0 Å². The normalized spacial score (nSPS) is 10.1. The van der Waals surface area contributed by atoms with Crippen molar-refractivity contribution in [2.75, 3.05) is 39.2 Å². The molecule has 0 radical (unpaired) electrons. The van der Waals surface area contributed by atoms with Gasteiger partial charge in [0.1, 0.15) is 11.5 Å². The second-order valence-electron chi connectivity index (χ2n) is 3.54. The molecule has 0 saturated carbocycles. The summed E-state index contributed by atoms with van der Waals surface area (Å²) >= 11 is 0. The van der Waals surface area contributed by atoms with E-state index >= 15 is 0 Å². The molecule has 0 aliphatic rings. The Balaban J connectivity index is 2.62. The summed E-state index contributed by atoms with van der Waals surface area (Å²) in [6.07, 6.45) is 3.03. The molecule has 1 aromatic heterocycles. The van der Waals surface area contributed by atoms with Crippen molar-refractivity contribution < 1.29 is 9.53 Å². The van der Waals surface area contributed by atoms with E-state index in [9.17, 15) is 4.79 Å². The molecule has 0 saturated heterocycles. The molecular formula is C11H18N4O2. The summed E-state index contributed by atoms with van der Waals surface area (Å²) in [5.41, 5.74) is 0.338. The summed E-state index contributed by atoms with van der Waals surface area (Å²) in [4.78, 5) is 21.6. The van der Waals surface area contributed by atoms with Gasteiger partial charge in [-0.05, 0) is 6.92 Å². The van der Waals surface area contributed by atoms with Gasteiger partial charge in [-0.2, -0.15) is 0 Å². The number of anilines is 1. The Morgan fingerprint density at radius 1 is 1.47 bits per heavy atom. The summed E-state index contributed by atoms with van der Waals surface area (Å²) in [6, 6.07) is 0. The van der Waals surface area contributed by atoms with Crippen LogP contribution in [0.15, 0.2) is 12.4 Å². The number of nitrogens with one attached hydrogen (secondary N) is 1. The number of hydrogen-bond acceptors (Lipinski definition) is 5. The molecule has 0 atom stereocenters. The van der Waals surface area contributed by atoms with Crippen LogP contribution in [0.4, 0.5) is 5.82 Å². The van der Waals surface area contributed by atoms with Crippen LogP contribution in [0.25, 0.3) is 0 Å². The van der Waals surface area contributed by atoms with Crippen molar-refractivity contribution in [3.8, 4) is 0 Å². The maximum absolute atomic E-state index is 11.9. The Hall–Kier alpha value is -1.69. The zero-order chi connectivity index (χ0) is 12.7. The molecule has 6 nitrogen and oxygen atoms in total. The molecule has 1 rings (SSSR count). The monoisotopic (exact) mass is 238 g/mol. The highest BCUT2D eigenvalue weighted by molar-refractivity contribution is 5.91. The number of rotatable bonds is 6. The molecule has 1 aromatic rings. The summed E-state index contributed by atoms with van der Waals surface area (Å²) in [6.45, 7) is 3.78. The van der Waals surface area contributed by atoms with Crippen molar-refractivity contribution >= 4 is 11.7 Å². The van der Waals surface area contributed by atoms with Crippen LogP contribution in [0, 0.1) is 0 Å². The highest BCUT2D eigenvalue weighted by atomic mass is 16.5. The lowest BCUT2D eigenvalue weighted by molar-refractivity contribution is 0.0738. The third kappa shape index (κ3) is 3.99. The van der Waals surface area contributed by atoms with Crippen molar-refractivity contribution in [3.63, 3.8) is 0 Å². The topological polar surface area (TPSA) is 67.4 Å². The van der Waals surface area contributed by atoms with Gasteiger partial charge in [-0.1, -0.05) is 0 Å². The molecule has 0 fully saturated rings. The van der Waals surface area contributed by atoms with Crippen LogP contribution in [0.3, 0.4) is 0 Å². The number of carbonyl (C=O) groups is 1. The van der Waals surface area contributed by atoms with Crippen LogP contribution in [0.1, 0.15) is 17.4 Å². The molecule has 0 unspecified atom stereocenters. The number of aromatic nitrogens is 2. The number of amides is 1. The molecule has 6 heteroatoms. The number of nitrogens with zero attached hydrogens (tertiary/aromatic N) is 3. The van der Waals surface area contributed by atoms with Crippen LogP contribution in [-0.2, 0) is 4.74 Å². The maximum Gasteiger partial charge on any atom is 0.273 e. The van der Waals surface area contributed by atoms with Crippen LogP contribution < -0.4 is 5.32 Å². The first-order chi connectivity index (χ1) is 8.19. The van der Waals surface area contributed by atoms with Gasteiger partial charge in [0.05, 0.1) is 19.0 Å². The van der Waals surface area contributed by atoms with Gasteiger partial charge in [0, 0.05) is 27.2 Å². The molecule has 17 heavy (non-hydrogen) atoms. The Morgan fingerprint density at radius 2 is 2.24 bits per heavy atom. The number of likely N-dealkylation sites (N-methyl/N-ethyl adjacent to an activating group) is 1. The predicted molar refractivity (Wildman–Crippen MR) is 65.0 cm³/mol. The third-order valence-electron chi connectivity index (χ3n) is 2.21. The quantitative estimate of drug-likeness (QED) is 0.787. The smallest absolute Gasteiger partial charge is 0.273 e. The van der Waals surface area contributed by atoms with E-state index < -0.39 is 0 Å². The fourth-order valence-electron chi connectivity index (χ4n) is 1.24. The van der Waals surface area contributed by atoms with Crippen LogP contribution >= 0.6 is 0 Å². The fourth-order valence-corrected chi connectivity index (χ4v) is 1.24. The average Bonchev–Trinajstić information content (AvgIpc) is 2.36. The zero-order valence-corrected chi connectivity index (χ0v) is 10.4. The van der Waals surface area contributed by atoms with E-state index in [1.807, 2.05) is 6.92 Å². The first-order valence-corrected chi connectivity index (χ1v) is 5.49. The van der Waals surface area contributed by atoms with Gasteiger partial charge in [-0.3, -0.25) is 4.79 Å². The van der Waals surface area contributed by atoms with Gasteiger partial charge >= 0.3 is 0 Å². The first kappa shape index (κ1) is 13.4. The van der Waals surface area contributed by atoms with Crippen LogP contribution in [0.2, 0.25) is 0 Å². The lowest BCUT2D eigenvalue weighted by Crippen LogP contribution is -2.30. The van der Waals surface area contributed by atoms with E-state index in [4.69, 9.17) is 4.74 Å². The number of hydrogen-bond donors (Lipinski definition) is 1. The minimum Gasteiger partial charge on any atom is -0.383 e. The van der Waals surface area contributed by atoms with Crippen molar-refractivity contribution in [1.82, 2.24) is 14.9 Å². The number of carbonyl (C=O) groups excluding carboxylic acids is 1. The second kappa shape index (κ2) is 6.80. The van der Waals surface area contributed by atoms with E-state index in [2.05, 4.69) is 15.3 Å². The SMILES string of the molecule is CCNc1cnc(C(=O)N(C)CCOC)cn1. The molecule has 94 valence electrons. The predicted octanol–water partition coefficient (Wildman–Crippen LogP) is 0.627. The highest BCUT2D eigenvalue weighted by Gasteiger charge is 2.12. The third-order valence-corrected chi connectivity index (χ3v) is 2.21. The molecule has 0 spiro atoms. The molecule has 0 aliphatic carbocycles. The van der Waals surface area contributed by atoms with E-state index in [1.165, 1.54) is 6.20 Å². The molecule has 0 aliphatic heterocycles. The van der Waals surface area contributed by atoms with Crippen LogP contribution in [-0.4, -0.2) is 54.6 Å². The zero-order valence-electron chi connectivity index (χ0n) is 10.4. The van der Waals surface area contributed by atoms with Crippen molar-refractivity contribution in [2.45, 2.75) is 6.92 Å². The molecule has 0 bridgehead atoms. The average molecular weight is 238 g/mol.